The zero-order valence-electron chi connectivity index (χ0n) is 8.58. The van der Waals surface area contributed by atoms with Crippen LogP contribution in [0.25, 0.3) is 0 Å². The van der Waals surface area contributed by atoms with Crippen LogP contribution in [0.15, 0.2) is 18.2 Å². The van der Waals surface area contributed by atoms with Gasteiger partial charge in [-0.1, -0.05) is 17.7 Å². The van der Waals surface area contributed by atoms with Crippen molar-refractivity contribution < 1.29 is 4.39 Å². The van der Waals surface area contributed by atoms with E-state index in [1.165, 1.54) is 6.07 Å². The minimum absolute atomic E-state index is 0.184. The van der Waals surface area contributed by atoms with Crippen LogP contribution in [0.5, 0.6) is 0 Å². The van der Waals surface area contributed by atoms with E-state index in [0.717, 1.165) is 18.7 Å². The van der Waals surface area contributed by atoms with E-state index in [-0.39, 0.29) is 22.9 Å². The van der Waals surface area contributed by atoms with Gasteiger partial charge in [0.15, 0.2) is 0 Å². The third-order valence-corrected chi connectivity index (χ3v) is 3.20. The van der Waals surface area contributed by atoms with Gasteiger partial charge in [0.25, 0.3) is 0 Å². The fourth-order valence-electron chi connectivity index (χ4n) is 1.85. The Hall–Kier alpha value is -0.640. The van der Waals surface area contributed by atoms with Crippen molar-refractivity contribution in [3.05, 3.63) is 34.6 Å². The Labute approximate surface area is 93.8 Å². The number of benzene rings is 1. The van der Waals surface area contributed by atoms with Gasteiger partial charge in [-0.15, -0.1) is 0 Å². The molecular formula is C11H14ClFN2. The summed E-state index contributed by atoms with van der Waals surface area (Å²) in [5, 5.41) is 0.184. The number of rotatable bonds is 2. The first-order valence-electron chi connectivity index (χ1n) is 5.02. The lowest BCUT2D eigenvalue weighted by Crippen LogP contribution is -2.56. The maximum Gasteiger partial charge on any atom is 0.141 e. The molecule has 1 aliphatic rings. The van der Waals surface area contributed by atoms with Gasteiger partial charge in [-0.2, -0.15) is 0 Å². The van der Waals surface area contributed by atoms with Gasteiger partial charge in [0.2, 0.25) is 0 Å². The van der Waals surface area contributed by atoms with Crippen LogP contribution in [0.2, 0.25) is 5.02 Å². The van der Waals surface area contributed by atoms with Crippen molar-refractivity contribution in [2.24, 2.45) is 5.73 Å². The molecule has 82 valence electrons. The van der Waals surface area contributed by atoms with Gasteiger partial charge in [-0.3, -0.25) is 4.90 Å². The number of hydrogen-bond donors (Lipinski definition) is 1. The fraction of sp³-hybridized carbons (Fsp3) is 0.455. The van der Waals surface area contributed by atoms with Crippen LogP contribution >= 0.6 is 11.6 Å². The van der Waals surface area contributed by atoms with Gasteiger partial charge < -0.3 is 5.73 Å². The quantitative estimate of drug-likeness (QED) is 0.841. The lowest BCUT2D eigenvalue weighted by atomic mass is 10.0. The average Bonchev–Trinajstić information content (AvgIpc) is 2.16. The average molecular weight is 229 g/mol. The molecule has 0 saturated carbocycles. The van der Waals surface area contributed by atoms with E-state index < -0.39 is 0 Å². The Morgan fingerprint density at radius 2 is 2.20 bits per heavy atom. The SMILES string of the molecule is CC(c1ccc(F)c(Cl)c1)N1CC(N)C1. The Bertz CT molecular complexity index is 364. The summed E-state index contributed by atoms with van der Waals surface area (Å²) in [6.07, 6.45) is 0. The second-order valence-electron chi connectivity index (χ2n) is 4.06. The zero-order valence-corrected chi connectivity index (χ0v) is 9.34. The van der Waals surface area contributed by atoms with Crippen molar-refractivity contribution in [3.8, 4) is 0 Å². The third-order valence-electron chi connectivity index (χ3n) is 2.91. The highest BCUT2D eigenvalue weighted by Gasteiger charge is 2.28. The van der Waals surface area contributed by atoms with E-state index >= 15 is 0 Å². The Morgan fingerprint density at radius 3 is 2.73 bits per heavy atom. The maximum atomic E-state index is 13.0. The summed E-state index contributed by atoms with van der Waals surface area (Å²) in [5.41, 5.74) is 6.75. The first-order valence-corrected chi connectivity index (χ1v) is 5.40. The van der Waals surface area contributed by atoms with Crippen LogP contribution < -0.4 is 5.73 Å². The molecule has 1 aromatic rings. The van der Waals surface area contributed by atoms with E-state index in [1.54, 1.807) is 12.1 Å². The molecule has 1 aromatic carbocycles. The van der Waals surface area contributed by atoms with E-state index in [9.17, 15) is 4.39 Å². The molecule has 2 N–H and O–H groups in total. The van der Waals surface area contributed by atoms with Crippen LogP contribution in [0.1, 0.15) is 18.5 Å². The molecular weight excluding hydrogens is 215 g/mol. The summed E-state index contributed by atoms with van der Waals surface area (Å²) in [7, 11) is 0. The van der Waals surface area contributed by atoms with Crippen molar-refractivity contribution in [3.63, 3.8) is 0 Å². The molecule has 1 unspecified atom stereocenters. The molecule has 0 aliphatic carbocycles. The second kappa shape index (κ2) is 4.08. The molecule has 1 atom stereocenters. The second-order valence-corrected chi connectivity index (χ2v) is 4.47. The monoisotopic (exact) mass is 228 g/mol. The molecule has 0 bridgehead atoms. The predicted molar refractivity (Wildman–Crippen MR) is 59.4 cm³/mol. The molecule has 0 radical (unpaired) electrons. The smallest absolute Gasteiger partial charge is 0.141 e. The first kappa shape index (κ1) is 10.9. The number of likely N-dealkylation sites (tertiary alicyclic amines) is 1. The number of halogens is 2. The lowest BCUT2D eigenvalue weighted by Gasteiger charge is -2.41. The molecule has 1 aliphatic heterocycles. The van der Waals surface area contributed by atoms with Crippen LogP contribution in [0.4, 0.5) is 4.39 Å². The lowest BCUT2D eigenvalue weighted by molar-refractivity contribution is 0.103. The number of nitrogens with two attached hydrogens (primary N) is 1. The molecule has 1 fully saturated rings. The van der Waals surface area contributed by atoms with Crippen LogP contribution in [-0.4, -0.2) is 24.0 Å². The largest absolute Gasteiger partial charge is 0.325 e. The van der Waals surface area contributed by atoms with Crippen LogP contribution in [0, 0.1) is 5.82 Å². The Kier molecular flexibility index (Phi) is 2.96. The zero-order chi connectivity index (χ0) is 11.0. The van der Waals surface area contributed by atoms with Gasteiger partial charge in [-0.05, 0) is 24.6 Å². The summed E-state index contributed by atoms with van der Waals surface area (Å²) < 4.78 is 13.0. The standard InChI is InChI=1S/C11H14ClFN2/c1-7(15-5-9(14)6-15)8-2-3-11(13)10(12)4-8/h2-4,7,9H,5-6,14H2,1H3. The summed E-state index contributed by atoms with van der Waals surface area (Å²) >= 11 is 5.73. The van der Waals surface area contributed by atoms with Gasteiger partial charge in [0.05, 0.1) is 5.02 Å². The van der Waals surface area contributed by atoms with Gasteiger partial charge >= 0.3 is 0 Å². The topological polar surface area (TPSA) is 29.3 Å². The number of nitrogens with zero attached hydrogens (tertiary/aromatic N) is 1. The van der Waals surface area contributed by atoms with Gasteiger partial charge in [0.1, 0.15) is 5.82 Å². The Morgan fingerprint density at radius 1 is 1.53 bits per heavy atom. The first-order chi connectivity index (χ1) is 7.08. The highest BCUT2D eigenvalue weighted by Crippen LogP contribution is 2.27. The summed E-state index contributed by atoms with van der Waals surface area (Å²) in [4.78, 5) is 2.24. The minimum Gasteiger partial charge on any atom is -0.325 e. The van der Waals surface area contributed by atoms with Crippen molar-refractivity contribution in [2.45, 2.75) is 19.0 Å². The van der Waals surface area contributed by atoms with Gasteiger partial charge in [0, 0.05) is 25.2 Å². The molecule has 0 amide bonds. The van der Waals surface area contributed by atoms with Crippen LogP contribution in [-0.2, 0) is 0 Å². The molecule has 15 heavy (non-hydrogen) atoms. The van der Waals surface area contributed by atoms with E-state index in [2.05, 4.69) is 11.8 Å². The van der Waals surface area contributed by atoms with Crippen molar-refractivity contribution in [1.82, 2.24) is 4.90 Å². The fourth-order valence-corrected chi connectivity index (χ4v) is 2.04. The predicted octanol–water partition coefficient (Wildman–Crippen LogP) is 2.18. The highest BCUT2D eigenvalue weighted by molar-refractivity contribution is 6.30. The molecule has 2 rings (SSSR count). The van der Waals surface area contributed by atoms with E-state index in [0.29, 0.717) is 0 Å². The Balaban J connectivity index is 2.12. The normalized spacial score (nSPS) is 20.0. The van der Waals surface area contributed by atoms with E-state index in [1.807, 2.05) is 0 Å². The molecule has 0 aromatic heterocycles. The third kappa shape index (κ3) is 2.14. The van der Waals surface area contributed by atoms with Crippen molar-refractivity contribution in [2.75, 3.05) is 13.1 Å². The van der Waals surface area contributed by atoms with E-state index in [4.69, 9.17) is 17.3 Å². The maximum absolute atomic E-state index is 13.0. The van der Waals surface area contributed by atoms with Crippen molar-refractivity contribution in [1.29, 1.82) is 0 Å². The van der Waals surface area contributed by atoms with Gasteiger partial charge in [-0.25, -0.2) is 4.39 Å². The summed E-state index contributed by atoms with van der Waals surface area (Å²) in [5.74, 6) is -0.368. The van der Waals surface area contributed by atoms with Crippen molar-refractivity contribution >= 4 is 11.6 Å². The molecule has 1 saturated heterocycles. The molecule has 2 nitrogen and oxygen atoms in total. The molecule has 0 spiro atoms. The number of hydrogen-bond acceptors (Lipinski definition) is 2. The van der Waals surface area contributed by atoms with Crippen LogP contribution in [0.3, 0.4) is 0 Å². The molecule has 1 heterocycles. The summed E-state index contributed by atoms with van der Waals surface area (Å²) in [6.45, 7) is 3.88. The summed E-state index contributed by atoms with van der Waals surface area (Å²) in [6, 6.07) is 5.40. The minimum atomic E-state index is -0.368. The highest BCUT2D eigenvalue weighted by atomic mass is 35.5. The molecule has 4 heteroatoms.